The van der Waals surface area contributed by atoms with Gasteiger partial charge in [0.2, 0.25) is 5.91 Å². The Morgan fingerprint density at radius 2 is 2.22 bits per heavy atom. The molecule has 0 aliphatic rings. The third kappa shape index (κ3) is 4.24. The number of anilines is 2. The number of carbonyl (C=O) groups is 1. The first-order valence-corrected chi connectivity index (χ1v) is 6.36. The van der Waals surface area contributed by atoms with E-state index < -0.39 is 0 Å². The highest BCUT2D eigenvalue weighted by Crippen LogP contribution is 2.16. The smallest absolute Gasteiger partial charge is 0.239 e. The zero-order valence-electron chi connectivity index (χ0n) is 11.4. The SMILES string of the molecule is CCCNc1cc(N(CC)CC(=O)NC)ccn1. The highest BCUT2D eigenvalue weighted by atomic mass is 16.1. The van der Waals surface area contributed by atoms with Crippen LogP contribution in [-0.2, 0) is 4.79 Å². The first kappa shape index (κ1) is 14.3. The normalized spacial score (nSPS) is 9.94. The number of pyridine rings is 1. The summed E-state index contributed by atoms with van der Waals surface area (Å²) in [6.07, 6.45) is 2.82. The molecule has 18 heavy (non-hydrogen) atoms. The fraction of sp³-hybridized carbons (Fsp3) is 0.538. The van der Waals surface area contributed by atoms with E-state index >= 15 is 0 Å². The van der Waals surface area contributed by atoms with E-state index in [4.69, 9.17) is 0 Å². The number of likely N-dealkylation sites (N-methyl/N-ethyl adjacent to an activating group) is 2. The quantitative estimate of drug-likeness (QED) is 0.769. The van der Waals surface area contributed by atoms with E-state index in [2.05, 4.69) is 22.5 Å². The number of hydrogen-bond acceptors (Lipinski definition) is 4. The Bertz CT molecular complexity index is 381. The summed E-state index contributed by atoms with van der Waals surface area (Å²) in [4.78, 5) is 17.7. The number of aromatic nitrogens is 1. The summed E-state index contributed by atoms with van der Waals surface area (Å²) in [6.45, 7) is 6.19. The molecule has 0 saturated heterocycles. The van der Waals surface area contributed by atoms with E-state index in [1.165, 1.54) is 0 Å². The monoisotopic (exact) mass is 250 g/mol. The van der Waals surface area contributed by atoms with Gasteiger partial charge in [-0.25, -0.2) is 4.98 Å². The van der Waals surface area contributed by atoms with Crippen molar-refractivity contribution < 1.29 is 4.79 Å². The van der Waals surface area contributed by atoms with Crippen molar-refractivity contribution in [2.24, 2.45) is 0 Å². The second kappa shape index (κ2) is 7.53. The average Bonchev–Trinajstić information content (AvgIpc) is 2.42. The van der Waals surface area contributed by atoms with Gasteiger partial charge in [0.05, 0.1) is 6.54 Å². The van der Waals surface area contributed by atoms with Crippen LogP contribution in [0.2, 0.25) is 0 Å². The van der Waals surface area contributed by atoms with Crippen molar-refractivity contribution >= 4 is 17.4 Å². The average molecular weight is 250 g/mol. The lowest BCUT2D eigenvalue weighted by atomic mass is 10.3. The van der Waals surface area contributed by atoms with E-state index in [9.17, 15) is 4.79 Å². The third-order valence-electron chi connectivity index (χ3n) is 2.66. The van der Waals surface area contributed by atoms with Gasteiger partial charge in [-0.1, -0.05) is 6.92 Å². The predicted octanol–water partition coefficient (Wildman–Crippen LogP) is 1.48. The molecule has 1 aromatic rings. The number of nitrogens with zero attached hydrogens (tertiary/aromatic N) is 2. The minimum Gasteiger partial charge on any atom is -0.370 e. The summed E-state index contributed by atoms with van der Waals surface area (Å²) in [5.41, 5.74) is 1.01. The molecule has 5 heteroatoms. The summed E-state index contributed by atoms with van der Waals surface area (Å²) in [5, 5.41) is 5.88. The third-order valence-corrected chi connectivity index (χ3v) is 2.66. The van der Waals surface area contributed by atoms with Crippen molar-refractivity contribution in [3.05, 3.63) is 18.3 Å². The Hall–Kier alpha value is -1.78. The van der Waals surface area contributed by atoms with Crippen molar-refractivity contribution in [1.82, 2.24) is 10.3 Å². The Morgan fingerprint density at radius 3 is 2.83 bits per heavy atom. The van der Waals surface area contributed by atoms with Gasteiger partial charge in [0.1, 0.15) is 5.82 Å². The van der Waals surface area contributed by atoms with Gasteiger partial charge in [-0.15, -0.1) is 0 Å². The maximum Gasteiger partial charge on any atom is 0.239 e. The van der Waals surface area contributed by atoms with Crippen molar-refractivity contribution in [3.63, 3.8) is 0 Å². The number of carbonyl (C=O) groups excluding carboxylic acids is 1. The summed E-state index contributed by atoms with van der Waals surface area (Å²) in [5.74, 6) is 0.862. The van der Waals surface area contributed by atoms with Gasteiger partial charge in [-0.2, -0.15) is 0 Å². The minimum absolute atomic E-state index is 0.0109. The molecule has 0 spiro atoms. The van der Waals surface area contributed by atoms with Gasteiger partial charge in [0.15, 0.2) is 0 Å². The molecule has 0 bridgehead atoms. The molecule has 100 valence electrons. The van der Waals surface area contributed by atoms with E-state index in [0.29, 0.717) is 6.54 Å². The maximum atomic E-state index is 11.4. The van der Waals surface area contributed by atoms with Gasteiger partial charge >= 0.3 is 0 Å². The van der Waals surface area contributed by atoms with Gasteiger partial charge in [0, 0.05) is 38.1 Å². The standard InChI is InChI=1S/C13H22N4O/c1-4-7-15-12-9-11(6-8-16-12)17(5-2)10-13(18)14-3/h6,8-9H,4-5,7,10H2,1-3H3,(H,14,18)(H,15,16). The van der Waals surface area contributed by atoms with Crippen LogP contribution >= 0.6 is 0 Å². The molecule has 1 heterocycles. The Labute approximate surface area is 109 Å². The molecular weight excluding hydrogens is 228 g/mol. The molecule has 1 amide bonds. The number of amides is 1. The fourth-order valence-electron chi connectivity index (χ4n) is 1.60. The molecule has 1 aromatic heterocycles. The minimum atomic E-state index is 0.0109. The van der Waals surface area contributed by atoms with Crippen LogP contribution in [0.25, 0.3) is 0 Å². The predicted molar refractivity (Wildman–Crippen MR) is 75.0 cm³/mol. The topological polar surface area (TPSA) is 57.3 Å². The Morgan fingerprint density at radius 1 is 1.44 bits per heavy atom. The van der Waals surface area contributed by atoms with E-state index in [0.717, 1.165) is 31.0 Å². The largest absolute Gasteiger partial charge is 0.370 e. The van der Waals surface area contributed by atoms with Crippen molar-refractivity contribution in [3.8, 4) is 0 Å². The molecular formula is C13H22N4O. The second-order valence-electron chi connectivity index (χ2n) is 4.01. The fourth-order valence-corrected chi connectivity index (χ4v) is 1.60. The molecule has 0 radical (unpaired) electrons. The molecule has 5 nitrogen and oxygen atoms in total. The van der Waals surface area contributed by atoms with Crippen LogP contribution in [-0.4, -0.2) is 37.6 Å². The molecule has 0 atom stereocenters. The van der Waals surface area contributed by atoms with E-state index in [1.54, 1.807) is 13.2 Å². The Balaban J connectivity index is 2.75. The lowest BCUT2D eigenvalue weighted by molar-refractivity contribution is -0.119. The van der Waals surface area contributed by atoms with Crippen LogP contribution in [0.1, 0.15) is 20.3 Å². The van der Waals surface area contributed by atoms with Crippen LogP contribution < -0.4 is 15.5 Å². The van der Waals surface area contributed by atoms with Crippen LogP contribution in [0, 0.1) is 0 Å². The van der Waals surface area contributed by atoms with Gasteiger partial charge in [-0.05, 0) is 19.4 Å². The van der Waals surface area contributed by atoms with Crippen LogP contribution in [0.5, 0.6) is 0 Å². The van der Waals surface area contributed by atoms with Crippen molar-refractivity contribution in [2.45, 2.75) is 20.3 Å². The van der Waals surface area contributed by atoms with Gasteiger partial charge in [-0.3, -0.25) is 4.79 Å². The number of hydrogen-bond donors (Lipinski definition) is 2. The molecule has 2 N–H and O–H groups in total. The molecule has 0 aliphatic heterocycles. The number of rotatable bonds is 7. The van der Waals surface area contributed by atoms with Crippen LogP contribution in [0.4, 0.5) is 11.5 Å². The molecule has 1 rings (SSSR count). The Kier molecular flexibility index (Phi) is 5.97. The molecule has 0 unspecified atom stereocenters. The van der Waals surface area contributed by atoms with Crippen LogP contribution in [0.3, 0.4) is 0 Å². The first-order chi connectivity index (χ1) is 8.71. The summed E-state index contributed by atoms with van der Waals surface area (Å²) < 4.78 is 0. The summed E-state index contributed by atoms with van der Waals surface area (Å²) >= 11 is 0. The van der Waals surface area contributed by atoms with Gasteiger partial charge < -0.3 is 15.5 Å². The zero-order chi connectivity index (χ0) is 13.4. The molecule has 0 fully saturated rings. The molecule has 0 aromatic carbocycles. The first-order valence-electron chi connectivity index (χ1n) is 6.36. The lowest BCUT2D eigenvalue weighted by Crippen LogP contribution is -2.35. The highest BCUT2D eigenvalue weighted by Gasteiger charge is 2.09. The zero-order valence-corrected chi connectivity index (χ0v) is 11.4. The maximum absolute atomic E-state index is 11.4. The summed E-state index contributed by atoms with van der Waals surface area (Å²) in [6, 6.07) is 3.89. The van der Waals surface area contributed by atoms with E-state index in [-0.39, 0.29) is 5.91 Å². The molecule has 0 aliphatic carbocycles. The number of nitrogens with one attached hydrogen (secondary N) is 2. The van der Waals surface area contributed by atoms with Gasteiger partial charge in [0.25, 0.3) is 0 Å². The molecule has 0 saturated carbocycles. The van der Waals surface area contributed by atoms with Crippen molar-refractivity contribution in [1.29, 1.82) is 0 Å². The van der Waals surface area contributed by atoms with Crippen molar-refractivity contribution in [2.75, 3.05) is 36.9 Å². The lowest BCUT2D eigenvalue weighted by Gasteiger charge is -2.22. The van der Waals surface area contributed by atoms with Crippen LogP contribution in [0.15, 0.2) is 18.3 Å². The van der Waals surface area contributed by atoms with E-state index in [1.807, 2.05) is 24.0 Å². The second-order valence-corrected chi connectivity index (χ2v) is 4.01. The summed E-state index contributed by atoms with van der Waals surface area (Å²) in [7, 11) is 1.65. The highest BCUT2D eigenvalue weighted by molar-refractivity contribution is 5.81.